The summed E-state index contributed by atoms with van der Waals surface area (Å²) >= 11 is 0. The van der Waals surface area contributed by atoms with E-state index in [2.05, 4.69) is 10.1 Å². The molecule has 1 aromatic carbocycles. The molecule has 1 atom stereocenters. The Morgan fingerprint density at radius 1 is 1.42 bits per heavy atom. The number of benzene rings is 1. The van der Waals surface area contributed by atoms with Gasteiger partial charge in [-0.15, -0.1) is 0 Å². The number of methoxy groups -OCH3 is 1. The Balaban J connectivity index is 1.89. The van der Waals surface area contributed by atoms with Crippen LogP contribution in [0.5, 0.6) is 5.75 Å². The van der Waals surface area contributed by atoms with Crippen molar-refractivity contribution in [1.82, 2.24) is 10.1 Å². The van der Waals surface area contributed by atoms with Crippen LogP contribution < -0.4 is 4.74 Å². The van der Waals surface area contributed by atoms with E-state index < -0.39 is 5.82 Å². The molecular formula is C13H13FN2O3. The fourth-order valence-electron chi connectivity index (χ4n) is 2.05. The van der Waals surface area contributed by atoms with E-state index in [1.165, 1.54) is 19.2 Å². The van der Waals surface area contributed by atoms with Gasteiger partial charge in [0.2, 0.25) is 0 Å². The SMILES string of the molecule is COc1cc(-c2nc([C@@H]3CCOC3)no2)ccc1F. The molecule has 0 radical (unpaired) electrons. The van der Waals surface area contributed by atoms with Gasteiger partial charge in [-0.25, -0.2) is 4.39 Å². The molecule has 0 saturated carbocycles. The fourth-order valence-corrected chi connectivity index (χ4v) is 2.05. The van der Waals surface area contributed by atoms with Crippen LogP contribution in [0.2, 0.25) is 0 Å². The zero-order chi connectivity index (χ0) is 13.2. The highest BCUT2D eigenvalue weighted by Crippen LogP contribution is 2.28. The Labute approximate surface area is 109 Å². The summed E-state index contributed by atoms with van der Waals surface area (Å²) < 4.78 is 28.8. The predicted molar refractivity (Wildman–Crippen MR) is 64.4 cm³/mol. The first-order chi connectivity index (χ1) is 9.28. The minimum atomic E-state index is -0.421. The maximum atomic E-state index is 13.3. The third kappa shape index (κ3) is 2.31. The summed E-state index contributed by atoms with van der Waals surface area (Å²) in [5.74, 6) is 0.910. The lowest BCUT2D eigenvalue weighted by molar-refractivity contribution is 0.192. The standard InChI is InChI=1S/C13H13FN2O3/c1-17-11-6-8(2-3-10(11)14)13-15-12(16-19-13)9-4-5-18-7-9/h2-3,6,9H,4-5,7H2,1H3/t9-/m1/s1. The molecule has 1 fully saturated rings. The summed E-state index contributed by atoms with van der Waals surface area (Å²) in [6, 6.07) is 4.44. The van der Waals surface area contributed by atoms with E-state index in [9.17, 15) is 4.39 Å². The van der Waals surface area contributed by atoms with Gasteiger partial charge in [-0.3, -0.25) is 0 Å². The Morgan fingerprint density at radius 3 is 3.05 bits per heavy atom. The quantitative estimate of drug-likeness (QED) is 0.852. The van der Waals surface area contributed by atoms with Crippen LogP contribution in [0.4, 0.5) is 4.39 Å². The normalized spacial score (nSPS) is 18.7. The minimum Gasteiger partial charge on any atom is -0.494 e. The number of nitrogens with zero attached hydrogens (tertiary/aromatic N) is 2. The van der Waals surface area contributed by atoms with E-state index >= 15 is 0 Å². The molecule has 1 saturated heterocycles. The van der Waals surface area contributed by atoms with Crippen molar-refractivity contribution in [3.63, 3.8) is 0 Å². The summed E-state index contributed by atoms with van der Waals surface area (Å²) in [7, 11) is 1.41. The highest BCUT2D eigenvalue weighted by molar-refractivity contribution is 5.56. The second kappa shape index (κ2) is 4.97. The van der Waals surface area contributed by atoms with Gasteiger partial charge < -0.3 is 14.0 Å². The van der Waals surface area contributed by atoms with Crippen LogP contribution in [0, 0.1) is 5.82 Å². The summed E-state index contributed by atoms with van der Waals surface area (Å²) in [5.41, 5.74) is 0.635. The summed E-state index contributed by atoms with van der Waals surface area (Å²) in [6.45, 7) is 1.34. The van der Waals surface area contributed by atoms with Crippen LogP contribution >= 0.6 is 0 Å². The number of hydrogen-bond acceptors (Lipinski definition) is 5. The third-order valence-electron chi connectivity index (χ3n) is 3.13. The van der Waals surface area contributed by atoms with Crippen molar-refractivity contribution in [2.75, 3.05) is 20.3 Å². The molecule has 0 N–H and O–H groups in total. The molecule has 0 spiro atoms. The van der Waals surface area contributed by atoms with Gasteiger partial charge in [-0.1, -0.05) is 5.16 Å². The highest BCUT2D eigenvalue weighted by Gasteiger charge is 2.23. The van der Waals surface area contributed by atoms with E-state index in [1.54, 1.807) is 6.07 Å². The molecule has 2 heterocycles. The van der Waals surface area contributed by atoms with E-state index in [0.717, 1.165) is 13.0 Å². The topological polar surface area (TPSA) is 57.4 Å². The smallest absolute Gasteiger partial charge is 0.258 e. The number of ether oxygens (including phenoxy) is 2. The zero-order valence-electron chi connectivity index (χ0n) is 10.4. The minimum absolute atomic E-state index is 0.154. The van der Waals surface area contributed by atoms with Crippen molar-refractivity contribution in [3.05, 3.63) is 29.8 Å². The average molecular weight is 264 g/mol. The largest absolute Gasteiger partial charge is 0.494 e. The molecule has 1 aromatic heterocycles. The molecule has 0 bridgehead atoms. The van der Waals surface area contributed by atoms with Gasteiger partial charge in [0.1, 0.15) is 0 Å². The Morgan fingerprint density at radius 2 is 2.32 bits per heavy atom. The Kier molecular flexibility index (Phi) is 3.16. The van der Waals surface area contributed by atoms with Gasteiger partial charge >= 0.3 is 0 Å². The van der Waals surface area contributed by atoms with Crippen molar-refractivity contribution < 1.29 is 18.4 Å². The third-order valence-corrected chi connectivity index (χ3v) is 3.13. The first-order valence-electron chi connectivity index (χ1n) is 6.03. The maximum absolute atomic E-state index is 13.3. The van der Waals surface area contributed by atoms with E-state index in [4.69, 9.17) is 14.0 Å². The number of hydrogen-bond donors (Lipinski definition) is 0. The van der Waals surface area contributed by atoms with Crippen LogP contribution in [0.15, 0.2) is 22.7 Å². The highest BCUT2D eigenvalue weighted by atomic mass is 19.1. The first-order valence-corrected chi connectivity index (χ1v) is 6.03. The molecule has 19 heavy (non-hydrogen) atoms. The summed E-state index contributed by atoms with van der Waals surface area (Å²) in [6.07, 6.45) is 0.895. The van der Waals surface area contributed by atoms with Crippen LogP contribution in [0.3, 0.4) is 0 Å². The van der Waals surface area contributed by atoms with E-state index in [-0.39, 0.29) is 11.7 Å². The number of rotatable bonds is 3. The van der Waals surface area contributed by atoms with Crippen LogP contribution in [-0.4, -0.2) is 30.5 Å². The number of aromatic nitrogens is 2. The van der Waals surface area contributed by atoms with Gasteiger partial charge in [0, 0.05) is 18.1 Å². The van der Waals surface area contributed by atoms with Crippen LogP contribution in [0.25, 0.3) is 11.5 Å². The molecule has 0 unspecified atom stereocenters. The summed E-state index contributed by atoms with van der Waals surface area (Å²) in [5, 5.41) is 3.95. The summed E-state index contributed by atoms with van der Waals surface area (Å²) in [4.78, 5) is 4.33. The molecule has 1 aliphatic rings. The fraction of sp³-hybridized carbons (Fsp3) is 0.385. The van der Waals surface area contributed by atoms with Gasteiger partial charge in [0.15, 0.2) is 17.4 Å². The second-order valence-corrected chi connectivity index (χ2v) is 4.37. The van der Waals surface area contributed by atoms with Crippen molar-refractivity contribution in [3.8, 4) is 17.2 Å². The van der Waals surface area contributed by atoms with Crippen molar-refractivity contribution >= 4 is 0 Å². The van der Waals surface area contributed by atoms with Crippen molar-refractivity contribution in [2.24, 2.45) is 0 Å². The molecule has 0 amide bonds. The van der Waals surface area contributed by atoms with E-state index in [1.807, 2.05) is 0 Å². The maximum Gasteiger partial charge on any atom is 0.258 e. The first kappa shape index (κ1) is 12.1. The van der Waals surface area contributed by atoms with Gasteiger partial charge in [0.25, 0.3) is 5.89 Å². The van der Waals surface area contributed by atoms with Gasteiger partial charge in [-0.05, 0) is 24.6 Å². The van der Waals surface area contributed by atoms with Crippen molar-refractivity contribution in [1.29, 1.82) is 0 Å². The van der Waals surface area contributed by atoms with E-state index in [0.29, 0.717) is 23.9 Å². The Bertz CT molecular complexity index is 579. The van der Waals surface area contributed by atoms with Crippen molar-refractivity contribution in [2.45, 2.75) is 12.3 Å². The average Bonchev–Trinajstić information content (AvgIpc) is 3.10. The molecule has 0 aliphatic carbocycles. The number of halogens is 1. The molecule has 2 aromatic rings. The lowest BCUT2D eigenvalue weighted by Crippen LogP contribution is -1.99. The molecule has 3 rings (SSSR count). The predicted octanol–water partition coefficient (Wildman–Crippen LogP) is 2.39. The van der Waals surface area contributed by atoms with Gasteiger partial charge in [0.05, 0.1) is 13.7 Å². The second-order valence-electron chi connectivity index (χ2n) is 4.37. The zero-order valence-corrected chi connectivity index (χ0v) is 10.4. The Hall–Kier alpha value is -1.95. The molecule has 5 nitrogen and oxygen atoms in total. The van der Waals surface area contributed by atoms with Gasteiger partial charge in [-0.2, -0.15) is 4.98 Å². The molecule has 6 heteroatoms. The monoisotopic (exact) mass is 264 g/mol. The molecule has 1 aliphatic heterocycles. The molecule has 100 valence electrons. The lowest BCUT2D eigenvalue weighted by Gasteiger charge is -2.02. The lowest BCUT2D eigenvalue weighted by atomic mass is 10.1. The van der Waals surface area contributed by atoms with Crippen LogP contribution in [0.1, 0.15) is 18.2 Å². The van der Waals surface area contributed by atoms with Crippen LogP contribution in [-0.2, 0) is 4.74 Å². The molecular weight excluding hydrogens is 251 g/mol.